The predicted octanol–water partition coefficient (Wildman–Crippen LogP) is 0.710. The van der Waals surface area contributed by atoms with Crippen LogP contribution < -0.4 is 0 Å². The average molecular weight is 107 g/mol. The van der Waals surface area contributed by atoms with Crippen molar-refractivity contribution in [2.75, 3.05) is 0 Å². The van der Waals surface area contributed by atoms with Crippen LogP contribution in [0.4, 0.5) is 0 Å². The molecular weight excluding hydrogens is 102 g/mol. The first kappa shape index (κ1) is 4.97. The van der Waals surface area contributed by atoms with E-state index in [2.05, 4.69) is 11.6 Å². The molecule has 0 aromatic rings. The monoisotopic (exact) mass is 107 g/mol. The topological polar surface area (TPSA) is 29.4 Å². The van der Waals surface area contributed by atoms with Crippen LogP contribution in [-0.4, -0.2) is 12.1 Å². The highest BCUT2D eigenvalue weighted by atomic mass is 16.1. The standard InChI is InChI=1S/C6H5NO/c1-5-2-3-6(8)7-4-5/h2-4H,1H2. The quantitative estimate of drug-likeness (QED) is 0.448. The summed E-state index contributed by atoms with van der Waals surface area (Å²) in [5, 5.41) is 0. The van der Waals surface area contributed by atoms with Gasteiger partial charge in [-0.1, -0.05) is 6.58 Å². The minimum Gasteiger partial charge on any atom is -0.267 e. The maximum atomic E-state index is 10.3. The van der Waals surface area contributed by atoms with Gasteiger partial charge in [-0.25, -0.2) is 4.99 Å². The Hall–Kier alpha value is -1.18. The molecule has 2 nitrogen and oxygen atoms in total. The van der Waals surface area contributed by atoms with Gasteiger partial charge in [0.2, 0.25) is 0 Å². The zero-order valence-corrected chi connectivity index (χ0v) is 4.29. The van der Waals surface area contributed by atoms with Crippen molar-refractivity contribution in [2.45, 2.75) is 0 Å². The van der Waals surface area contributed by atoms with E-state index in [1.165, 1.54) is 12.3 Å². The Morgan fingerprint density at radius 1 is 1.50 bits per heavy atom. The van der Waals surface area contributed by atoms with Gasteiger partial charge in [-0.3, -0.25) is 4.79 Å². The molecule has 0 aromatic carbocycles. The smallest absolute Gasteiger partial charge is 0.267 e. The van der Waals surface area contributed by atoms with Gasteiger partial charge in [0.1, 0.15) is 0 Å². The van der Waals surface area contributed by atoms with Crippen LogP contribution in [0, 0.1) is 0 Å². The second-order valence-electron chi connectivity index (χ2n) is 1.50. The van der Waals surface area contributed by atoms with Crippen molar-refractivity contribution in [3.63, 3.8) is 0 Å². The summed E-state index contributed by atoms with van der Waals surface area (Å²) in [5.74, 6) is -0.211. The summed E-state index contributed by atoms with van der Waals surface area (Å²) in [6.45, 7) is 3.56. The normalized spacial score (nSPS) is 17.5. The summed E-state index contributed by atoms with van der Waals surface area (Å²) in [6, 6.07) is 0. The number of nitrogens with zero attached hydrogens (tertiary/aromatic N) is 1. The SMILES string of the molecule is C=C1C=CC(=O)N=C1. The highest BCUT2D eigenvalue weighted by molar-refractivity contribution is 6.02. The second kappa shape index (κ2) is 1.74. The Morgan fingerprint density at radius 3 is 2.62 bits per heavy atom. The maximum absolute atomic E-state index is 10.3. The molecule has 0 aromatic heterocycles. The van der Waals surface area contributed by atoms with Gasteiger partial charge in [-0.05, 0) is 11.6 Å². The van der Waals surface area contributed by atoms with Crippen LogP contribution in [-0.2, 0) is 4.79 Å². The first-order valence-electron chi connectivity index (χ1n) is 2.24. The number of amides is 1. The van der Waals surface area contributed by atoms with Gasteiger partial charge >= 0.3 is 0 Å². The molecular formula is C6H5NO. The van der Waals surface area contributed by atoms with Crippen LogP contribution in [0.5, 0.6) is 0 Å². The summed E-state index contributed by atoms with van der Waals surface area (Å²) in [6.07, 6.45) is 4.47. The lowest BCUT2D eigenvalue weighted by atomic mass is 10.2. The van der Waals surface area contributed by atoms with E-state index in [1.54, 1.807) is 6.08 Å². The Kier molecular flexibility index (Phi) is 1.08. The van der Waals surface area contributed by atoms with Crippen LogP contribution >= 0.6 is 0 Å². The molecule has 0 aliphatic carbocycles. The van der Waals surface area contributed by atoms with Crippen molar-refractivity contribution in [3.05, 3.63) is 24.3 Å². The van der Waals surface area contributed by atoms with Crippen molar-refractivity contribution in [2.24, 2.45) is 4.99 Å². The fourth-order valence-corrected chi connectivity index (χ4v) is 0.411. The molecule has 2 heteroatoms. The number of rotatable bonds is 0. The molecule has 0 fully saturated rings. The van der Waals surface area contributed by atoms with Gasteiger partial charge in [0.05, 0.1) is 0 Å². The number of hydrogen-bond donors (Lipinski definition) is 0. The number of dihydropyridines is 1. The third-order valence-corrected chi connectivity index (χ3v) is 0.798. The maximum Gasteiger partial charge on any atom is 0.269 e. The van der Waals surface area contributed by atoms with Crippen molar-refractivity contribution in [1.82, 2.24) is 0 Å². The zero-order valence-electron chi connectivity index (χ0n) is 4.29. The molecule has 0 bridgehead atoms. The first-order chi connectivity index (χ1) is 3.79. The van der Waals surface area contributed by atoms with Crippen molar-refractivity contribution >= 4 is 12.1 Å². The summed E-state index contributed by atoms with van der Waals surface area (Å²) < 4.78 is 0. The van der Waals surface area contributed by atoms with Gasteiger partial charge in [0.25, 0.3) is 5.91 Å². The summed E-state index contributed by atoms with van der Waals surface area (Å²) in [5.41, 5.74) is 0.768. The second-order valence-corrected chi connectivity index (χ2v) is 1.50. The van der Waals surface area contributed by atoms with Gasteiger partial charge in [-0.2, -0.15) is 0 Å². The summed E-state index contributed by atoms with van der Waals surface area (Å²) in [4.78, 5) is 13.7. The van der Waals surface area contributed by atoms with Crippen LogP contribution in [0.3, 0.4) is 0 Å². The third-order valence-electron chi connectivity index (χ3n) is 0.798. The van der Waals surface area contributed by atoms with Crippen LogP contribution in [0.1, 0.15) is 0 Å². The Labute approximate surface area is 47.2 Å². The lowest BCUT2D eigenvalue weighted by Gasteiger charge is -1.91. The van der Waals surface area contributed by atoms with Crippen LogP contribution in [0.2, 0.25) is 0 Å². The predicted molar refractivity (Wildman–Crippen MR) is 31.8 cm³/mol. The number of carbonyl (C=O) groups excluding carboxylic acids is 1. The van der Waals surface area contributed by atoms with E-state index < -0.39 is 0 Å². The van der Waals surface area contributed by atoms with Crippen molar-refractivity contribution in [3.8, 4) is 0 Å². The zero-order chi connectivity index (χ0) is 5.98. The largest absolute Gasteiger partial charge is 0.269 e. The van der Waals surface area contributed by atoms with Crippen LogP contribution in [0.15, 0.2) is 29.3 Å². The van der Waals surface area contributed by atoms with E-state index in [1.807, 2.05) is 0 Å². The molecule has 1 aliphatic rings. The molecule has 8 heavy (non-hydrogen) atoms. The number of allylic oxidation sites excluding steroid dienone is 2. The van der Waals surface area contributed by atoms with E-state index in [0.29, 0.717) is 0 Å². The van der Waals surface area contributed by atoms with E-state index >= 15 is 0 Å². The lowest BCUT2D eigenvalue weighted by molar-refractivity contribution is -0.113. The van der Waals surface area contributed by atoms with Crippen molar-refractivity contribution in [1.29, 1.82) is 0 Å². The van der Waals surface area contributed by atoms with Gasteiger partial charge in [0, 0.05) is 12.3 Å². The molecule has 0 N–H and O–H groups in total. The average Bonchev–Trinajstić information content (AvgIpc) is 1.77. The highest BCUT2D eigenvalue weighted by Gasteiger charge is 1.94. The molecule has 0 saturated carbocycles. The van der Waals surface area contributed by atoms with Crippen LogP contribution in [0.25, 0.3) is 0 Å². The Balaban J connectivity index is 2.83. The molecule has 0 saturated heterocycles. The Bertz CT molecular complexity index is 151. The fraction of sp³-hybridized carbons (Fsp3) is 0. The molecule has 0 spiro atoms. The molecule has 1 rings (SSSR count). The van der Waals surface area contributed by atoms with Gasteiger partial charge in [-0.15, -0.1) is 0 Å². The minimum absolute atomic E-state index is 0.211. The molecule has 1 aliphatic heterocycles. The molecule has 1 amide bonds. The van der Waals surface area contributed by atoms with E-state index in [-0.39, 0.29) is 5.91 Å². The lowest BCUT2D eigenvalue weighted by Crippen LogP contribution is -1.93. The molecule has 40 valence electrons. The fourth-order valence-electron chi connectivity index (χ4n) is 0.411. The van der Waals surface area contributed by atoms with Gasteiger partial charge in [0.15, 0.2) is 0 Å². The summed E-state index contributed by atoms with van der Waals surface area (Å²) in [7, 11) is 0. The van der Waals surface area contributed by atoms with Crippen molar-refractivity contribution < 1.29 is 4.79 Å². The molecule has 0 unspecified atom stereocenters. The number of carbonyl (C=O) groups is 1. The number of hydrogen-bond acceptors (Lipinski definition) is 1. The minimum atomic E-state index is -0.211. The molecule has 0 radical (unpaired) electrons. The highest BCUT2D eigenvalue weighted by Crippen LogP contribution is 1.95. The Morgan fingerprint density at radius 2 is 2.25 bits per heavy atom. The summed E-state index contributed by atoms with van der Waals surface area (Å²) >= 11 is 0. The van der Waals surface area contributed by atoms with E-state index in [0.717, 1.165) is 5.57 Å². The van der Waals surface area contributed by atoms with E-state index in [9.17, 15) is 4.79 Å². The van der Waals surface area contributed by atoms with E-state index in [4.69, 9.17) is 0 Å². The first-order valence-corrected chi connectivity index (χ1v) is 2.24. The van der Waals surface area contributed by atoms with Gasteiger partial charge < -0.3 is 0 Å². The molecule has 0 atom stereocenters. The molecule has 1 heterocycles. The third kappa shape index (κ3) is 0.904. The number of aliphatic imine (C=N–C) groups is 1.